The second kappa shape index (κ2) is 7.29. The predicted molar refractivity (Wildman–Crippen MR) is 96.1 cm³/mol. The molecule has 3 aromatic rings. The van der Waals surface area contributed by atoms with Crippen molar-refractivity contribution in [2.45, 2.75) is 5.03 Å². The summed E-state index contributed by atoms with van der Waals surface area (Å²) in [5.41, 5.74) is 0.258. The van der Waals surface area contributed by atoms with Crippen LogP contribution in [-0.2, 0) is 10.0 Å². The van der Waals surface area contributed by atoms with Crippen LogP contribution in [0.15, 0.2) is 46.8 Å². The molecule has 0 atom stereocenters. The Morgan fingerprint density at radius 1 is 1.19 bits per heavy atom. The van der Waals surface area contributed by atoms with E-state index in [1.807, 2.05) is 0 Å². The van der Waals surface area contributed by atoms with Crippen LogP contribution in [0.25, 0.3) is 10.6 Å². The lowest BCUT2D eigenvalue weighted by Gasteiger charge is -2.10. The molecular formula is C16H12FN3O5S2. The van der Waals surface area contributed by atoms with Gasteiger partial charge in [-0.2, -0.15) is 8.42 Å². The van der Waals surface area contributed by atoms with Crippen LogP contribution in [0.1, 0.15) is 10.5 Å². The van der Waals surface area contributed by atoms with E-state index in [4.69, 9.17) is 9.84 Å². The quantitative estimate of drug-likeness (QED) is 0.642. The van der Waals surface area contributed by atoms with Gasteiger partial charge in [0.25, 0.3) is 10.0 Å². The topological polar surface area (TPSA) is 118 Å². The minimum absolute atomic E-state index is 0.0289. The lowest BCUT2D eigenvalue weighted by atomic mass is 10.2. The van der Waals surface area contributed by atoms with Crippen molar-refractivity contribution in [3.8, 4) is 16.5 Å². The van der Waals surface area contributed by atoms with Crippen LogP contribution in [-0.4, -0.2) is 36.6 Å². The zero-order chi connectivity index (χ0) is 19.6. The molecule has 11 heteroatoms. The first-order chi connectivity index (χ1) is 12.8. The Morgan fingerprint density at radius 2 is 1.89 bits per heavy atom. The normalized spacial score (nSPS) is 11.2. The van der Waals surface area contributed by atoms with Crippen LogP contribution >= 0.6 is 11.3 Å². The molecule has 0 unspecified atom stereocenters. The van der Waals surface area contributed by atoms with E-state index in [0.717, 1.165) is 17.4 Å². The number of nitrogens with one attached hydrogen (secondary N) is 1. The summed E-state index contributed by atoms with van der Waals surface area (Å²) < 4.78 is 45.4. The smallest absolute Gasteiger partial charge is 0.354 e. The van der Waals surface area contributed by atoms with Crippen molar-refractivity contribution in [1.29, 1.82) is 0 Å². The number of hydrogen-bond donors (Lipinski definition) is 2. The average molecular weight is 409 g/mol. The maximum absolute atomic E-state index is 13.0. The number of anilines is 1. The Morgan fingerprint density at radius 3 is 2.52 bits per heavy atom. The van der Waals surface area contributed by atoms with Gasteiger partial charge in [-0.25, -0.2) is 19.2 Å². The number of thiazole rings is 1. The number of aromatic nitrogens is 2. The summed E-state index contributed by atoms with van der Waals surface area (Å²) in [4.78, 5) is 18.8. The number of halogens is 1. The minimum Gasteiger partial charge on any atom is -0.479 e. The number of sulfonamides is 1. The molecule has 1 aromatic carbocycles. The molecule has 0 bridgehead atoms. The minimum atomic E-state index is -4.07. The lowest BCUT2D eigenvalue weighted by Crippen LogP contribution is -2.15. The molecule has 2 heterocycles. The van der Waals surface area contributed by atoms with Gasteiger partial charge in [-0.3, -0.25) is 4.72 Å². The van der Waals surface area contributed by atoms with E-state index in [-0.39, 0.29) is 22.3 Å². The van der Waals surface area contributed by atoms with E-state index in [0.29, 0.717) is 10.6 Å². The van der Waals surface area contributed by atoms with E-state index >= 15 is 0 Å². The highest BCUT2D eigenvalue weighted by molar-refractivity contribution is 7.92. The van der Waals surface area contributed by atoms with Gasteiger partial charge in [0, 0.05) is 10.9 Å². The molecule has 0 saturated heterocycles. The zero-order valence-electron chi connectivity index (χ0n) is 13.7. The monoisotopic (exact) mass is 409 g/mol. The third-order valence-electron chi connectivity index (χ3n) is 3.37. The van der Waals surface area contributed by atoms with Crippen molar-refractivity contribution >= 4 is 33.0 Å². The molecule has 2 aromatic heterocycles. The molecule has 0 spiro atoms. The fraction of sp³-hybridized carbons (Fsp3) is 0.0625. The zero-order valence-corrected chi connectivity index (χ0v) is 15.3. The van der Waals surface area contributed by atoms with Gasteiger partial charge in [-0.1, -0.05) is 0 Å². The standard InChI is InChI=1S/C16H12FN3O5S2/c1-25-14-11(6-7-12(18-14)16(21)22)20-27(23,24)13-8-26-15(19-13)9-2-4-10(17)5-3-9/h2-8,20H,1H3,(H,21,22). The molecule has 8 nitrogen and oxygen atoms in total. The van der Waals surface area contributed by atoms with E-state index in [1.54, 1.807) is 0 Å². The fourth-order valence-electron chi connectivity index (χ4n) is 2.10. The maximum atomic E-state index is 13.0. The first kappa shape index (κ1) is 18.7. The lowest BCUT2D eigenvalue weighted by molar-refractivity contribution is 0.0689. The molecule has 0 amide bonds. The van der Waals surface area contributed by atoms with Gasteiger partial charge >= 0.3 is 5.97 Å². The van der Waals surface area contributed by atoms with Crippen LogP contribution in [0.4, 0.5) is 10.1 Å². The number of carbonyl (C=O) groups is 1. The van der Waals surface area contributed by atoms with Gasteiger partial charge < -0.3 is 9.84 Å². The third-order valence-corrected chi connectivity index (χ3v) is 5.66. The van der Waals surface area contributed by atoms with Crippen molar-refractivity contribution < 1.29 is 27.4 Å². The van der Waals surface area contributed by atoms with Crippen molar-refractivity contribution in [3.05, 3.63) is 53.3 Å². The van der Waals surface area contributed by atoms with Crippen molar-refractivity contribution in [2.24, 2.45) is 0 Å². The fourth-order valence-corrected chi connectivity index (χ4v) is 4.26. The Balaban J connectivity index is 1.89. The van der Waals surface area contributed by atoms with Gasteiger partial charge in [0.05, 0.1) is 7.11 Å². The van der Waals surface area contributed by atoms with E-state index in [2.05, 4.69) is 14.7 Å². The highest BCUT2D eigenvalue weighted by Crippen LogP contribution is 2.29. The molecular weight excluding hydrogens is 397 g/mol. The Kier molecular flexibility index (Phi) is 5.06. The molecule has 3 rings (SSSR count). The van der Waals surface area contributed by atoms with Crippen LogP contribution in [0.3, 0.4) is 0 Å². The summed E-state index contributed by atoms with van der Waals surface area (Å²) in [7, 11) is -2.83. The van der Waals surface area contributed by atoms with Gasteiger partial charge in [0.15, 0.2) is 10.7 Å². The number of benzene rings is 1. The highest BCUT2D eigenvalue weighted by atomic mass is 32.2. The van der Waals surface area contributed by atoms with Crippen molar-refractivity contribution in [1.82, 2.24) is 9.97 Å². The molecule has 27 heavy (non-hydrogen) atoms. The summed E-state index contributed by atoms with van der Waals surface area (Å²) in [5, 5.41) is 10.5. The second-order valence-corrected chi connectivity index (χ2v) is 7.65. The van der Waals surface area contributed by atoms with E-state index in [9.17, 15) is 17.6 Å². The first-order valence-corrected chi connectivity index (χ1v) is 9.69. The molecule has 0 aliphatic rings. The summed E-state index contributed by atoms with van der Waals surface area (Å²) in [5.74, 6) is -1.87. The number of nitrogens with zero attached hydrogens (tertiary/aromatic N) is 2. The van der Waals surface area contributed by atoms with Crippen LogP contribution < -0.4 is 9.46 Å². The Bertz CT molecular complexity index is 1100. The number of ether oxygens (including phenoxy) is 1. The van der Waals surface area contributed by atoms with E-state index in [1.165, 1.54) is 42.8 Å². The predicted octanol–water partition coefficient (Wildman–Crippen LogP) is 2.85. The molecule has 2 N–H and O–H groups in total. The van der Waals surface area contributed by atoms with E-state index < -0.39 is 21.8 Å². The summed E-state index contributed by atoms with van der Waals surface area (Å²) >= 11 is 1.08. The number of carboxylic acid groups (broad SMARTS) is 1. The summed E-state index contributed by atoms with van der Waals surface area (Å²) in [6.45, 7) is 0. The van der Waals surface area contributed by atoms with Crippen molar-refractivity contribution in [2.75, 3.05) is 11.8 Å². The highest BCUT2D eigenvalue weighted by Gasteiger charge is 2.22. The molecule has 0 aliphatic carbocycles. The first-order valence-electron chi connectivity index (χ1n) is 7.33. The molecule has 0 fully saturated rings. The van der Waals surface area contributed by atoms with Gasteiger partial charge in [0.1, 0.15) is 16.5 Å². The number of pyridine rings is 1. The Hall–Kier alpha value is -3.05. The molecule has 0 saturated carbocycles. The molecule has 0 radical (unpaired) electrons. The molecule has 0 aliphatic heterocycles. The number of rotatable bonds is 6. The van der Waals surface area contributed by atoms with Crippen LogP contribution in [0, 0.1) is 5.82 Å². The largest absolute Gasteiger partial charge is 0.479 e. The number of aromatic carboxylic acids is 1. The van der Waals surface area contributed by atoms with Gasteiger partial charge in [-0.15, -0.1) is 11.3 Å². The number of methoxy groups -OCH3 is 1. The average Bonchev–Trinajstić information content (AvgIpc) is 3.13. The summed E-state index contributed by atoms with van der Waals surface area (Å²) in [6.07, 6.45) is 0. The number of hydrogen-bond acceptors (Lipinski definition) is 7. The van der Waals surface area contributed by atoms with Gasteiger partial charge in [0.2, 0.25) is 5.88 Å². The number of carboxylic acids is 1. The second-order valence-electron chi connectivity index (χ2n) is 5.16. The third kappa shape index (κ3) is 4.04. The Labute approximate surface area is 157 Å². The van der Waals surface area contributed by atoms with Crippen LogP contribution in [0.5, 0.6) is 5.88 Å². The van der Waals surface area contributed by atoms with Gasteiger partial charge in [-0.05, 0) is 36.4 Å². The van der Waals surface area contributed by atoms with Crippen molar-refractivity contribution in [3.63, 3.8) is 0 Å². The molecule has 140 valence electrons. The van der Waals surface area contributed by atoms with Crippen LogP contribution in [0.2, 0.25) is 0 Å². The summed E-state index contributed by atoms with van der Waals surface area (Å²) in [6, 6.07) is 7.88. The maximum Gasteiger partial charge on any atom is 0.354 e. The SMILES string of the molecule is COc1nc(C(=O)O)ccc1NS(=O)(=O)c1csc(-c2ccc(F)cc2)n1.